The number of benzene rings is 1. The third-order valence-corrected chi connectivity index (χ3v) is 4.51. The number of hydrogen-bond donors (Lipinski definition) is 3. The van der Waals surface area contributed by atoms with E-state index in [-0.39, 0.29) is 29.9 Å². The molecule has 1 aromatic carbocycles. The first-order valence-corrected chi connectivity index (χ1v) is 8.44. The van der Waals surface area contributed by atoms with Crippen molar-refractivity contribution in [2.24, 2.45) is 0 Å². The summed E-state index contributed by atoms with van der Waals surface area (Å²) in [5, 5.41) is 3.04. The second kappa shape index (κ2) is 8.02. The second-order valence-corrected chi connectivity index (χ2v) is 6.12. The molecule has 0 radical (unpaired) electrons. The summed E-state index contributed by atoms with van der Waals surface area (Å²) < 4.78 is 24.9. The maximum Gasteiger partial charge on any atom is 0.238 e. The van der Waals surface area contributed by atoms with Gasteiger partial charge in [-0.15, -0.1) is 0 Å². The summed E-state index contributed by atoms with van der Waals surface area (Å²) in [6.45, 7) is 3.61. The molecule has 0 spiro atoms. The van der Waals surface area contributed by atoms with Crippen molar-refractivity contribution < 1.29 is 18.7 Å². The summed E-state index contributed by atoms with van der Waals surface area (Å²) in [6, 6.07) is 5.93. The van der Waals surface area contributed by atoms with Crippen molar-refractivity contribution in [2.45, 2.75) is 44.0 Å². The lowest BCUT2D eigenvalue weighted by molar-refractivity contribution is -0.127. The molecule has 2 aliphatic rings. The predicted molar refractivity (Wildman–Crippen MR) is 86.6 cm³/mol. The molecule has 1 aromatic rings. The van der Waals surface area contributed by atoms with E-state index in [2.05, 4.69) is 16.2 Å². The van der Waals surface area contributed by atoms with Crippen LogP contribution in [0, 0.1) is 5.82 Å². The topological polar surface area (TPSA) is 71.6 Å². The van der Waals surface area contributed by atoms with Gasteiger partial charge in [-0.3, -0.25) is 4.79 Å². The van der Waals surface area contributed by atoms with Gasteiger partial charge >= 0.3 is 0 Å². The van der Waals surface area contributed by atoms with Gasteiger partial charge in [0, 0.05) is 18.8 Å². The minimum absolute atomic E-state index is 0.0551. The SMILES string of the molecule is CCO[C@@H]1COCC[C@H]1NC(=O)C1CC(c2ccccc2F)NN1. The Hall–Kier alpha value is -1.54. The average Bonchev–Trinajstić information content (AvgIpc) is 3.07. The van der Waals surface area contributed by atoms with E-state index >= 15 is 0 Å². The zero-order valence-corrected chi connectivity index (χ0v) is 13.8. The fraction of sp³-hybridized carbons (Fsp3) is 0.588. The highest BCUT2D eigenvalue weighted by atomic mass is 19.1. The molecule has 2 aliphatic heterocycles. The zero-order chi connectivity index (χ0) is 16.9. The number of halogens is 1. The number of nitrogens with one attached hydrogen (secondary N) is 3. The largest absolute Gasteiger partial charge is 0.379 e. The molecular formula is C17H24FN3O3. The molecule has 7 heteroatoms. The molecule has 6 nitrogen and oxygen atoms in total. The third kappa shape index (κ3) is 3.92. The highest BCUT2D eigenvalue weighted by molar-refractivity contribution is 5.82. The van der Waals surface area contributed by atoms with Crippen LogP contribution in [-0.4, -0.2) is 43.9 Å². The molecule has 132 valence electrons. The summed E-state index contributed by atoms with van der Waals surface area (Å²) >= 11 is 0. The first-order valence-electron chi connectivity index (χ1n) is 8.44. The standard InChI is InChI=1S/C17H24FN3O3/c1-2-24-16-10-23-8-7-13(16)19-17(22)15-9-14(20-21-15)11-5-3-4-6-12(11)18/h3-6,13-16,20-21H,2,7-10H2,1H3,(H,19,22)/t13-,14?,15?,16-/m1/s1. The van der Waals surface area contributed by atoms with Crippen LogP contribution in [0.2, 0.25) is 0 Å². The van der Waals surface area contributed by atoms with E-state index < -0.39 is 6.04 Å². The van der Waals surface area contributed by atoms with E-state index in [0.717, 1.165) is 6.42 Å². The van der Waals surface area contributed by atoms with Crippen molar-refractivity contribution in [1.82, 2.24) is 16.2 Å². The summed E-state index contributed by atoms with van der Waals surface area (Å²) in [6.07, 6.45) is 1.10. The van der Waals surface area contributed by atoms with Crippen LogP contribution in [-0.2, 0) is 14.3 Å². The fourth-order valence-corrected chi connectivity index (χ4v) is 3.23. The first kappa shape index (κ1) is 17.3. The Morgan fingerprint density at radius 3 is 3.04 bits per heavy atom. The Morgan fingerprint density at radius 1 is 1.42 bits per heavy atom. The van der Waals surface area contributed by atoms with Gasteiger partial charge in [-0.05, 0) is 25.8 Å². The minimum Gasteiger partial charge on any atom is -0.379 e. The van der Waals surface area contributed by atoms with Crippen LogP contribution in [0.5, 0.6) is 0 Å². The monoisotopic (exact) mass is 337 g/mol. The van der Waals surface area contributed by atoms with Gasteiger partial charge in [0.1, 0.15) is 18.0 Å². The molecular weight excluding hydrogens is 313 g/mol. The van der Waals surface area contributed by atoms with Crippen molar-refractivity contribution in [2.75, 3.05) is 19.8 Å². The van der Waals surface area contributed by atoms with Gasteiger partial charge in [-0.25, -0.2) is 15.2 Å². The Bertz CT molecular complexity index is 570. The second-order valence-electron chi connectivity index (χ2n) is 6.12. The normalized spacial score (nSPS) is 30.2. The lowest BCUT2D eigenvalue weighted by Gasteiger charge is -2.32. The van der Waals surface area contributed by atoms with Crippen molar-refractivity contribution in [1.29, 1.82) is 0 Å². The molecule has 0 bridgehead atoms. The predicted octanol–water partition coefficient (Wildman–Crippen LogP) is 1.04. The highest BCUT2D eigenvalue weighted by Gasteiger charge is 2.34. The van der Waals surface area contributed by atoms with Crippen molar-refractivity contribution in [3.63, 3.8) is 0 Å². The van der Waals surface area contributed by atoms with Crippen LogP contribution in [0.1, 0.15) is 31.4 Å². The molecule has 24 heavy (non-hydrogen) atoms. The number of ether oxygens (including phenoxy) is 2. The van der Waals surface area contributed by atoms with Gasteiger partial charge in [0.05, 0.1) is 18.7 Å². The van der Waals surface area contributed by atoms with Crippen LogP contribution in [0.4, 0.5) is 4.39 Å². The number of rotatable bonds is 5. The molecule has 0 aliphatic carbocycles. The van der Waals surface area contributed by atoms with Gasteiger partial charge in [-0.1, -0.05) is 18.2 Å². The van der Waals surface area contributed by atoms with Gasteiger partial charge in [0.2, 0.25) is 5.91 Å². The highest BCUT2D eigenvalue weighted by Crippen LogP contribution is 2.24. The molecule has 2 saturated heterocycles. The zero-order valence-electron chi connectivity index (χ0n) is 13.8. The molecule has 2 heterocycles. The number of hydrazine groups is 1. The Labute approximate surface area is 141 Å². The van der Waals surface area contributed by atoms with Crippen LogP contribution in [0.15, 0.2) is 24.3 Å². The average molecular weight is 337 g/mol. The van der Waals surface area contributed by atoms with Crippen LogP contribution >= 0.6 is 0 Å². The van der Waals surface area contributed by atoms with E-state index in [0.29, 0.717) is 31.8 Å². The molecule has 4 atom stereocenters. The van der Waals surface area contributed by atoms with Crippen LogP contribution in [0.3, 0.4) is 0 Å². The number of hydrogen-bond acceptors (Lipinski definition) is 5. The molecule has 0 saturated carbocycles. The number of carbonyl (C=O) groups excluding carboxylic acids is 1. The van der Waals surface area contributed by atoms with Crippen molar-refractivity contribution >= 4 is 5.91 Å². The molecule has 3 N–H and O–H groups in total. The Morgan fingerprint density at radius 2 is 2.25 bits per heavy atom. The molecule has 2 unspecified atom stereocenters. The number of amides is 1. The van der Waals surface area contributed by atoms with Crippen LogP contribution in [0.25, 0.3) is 0 Å². The van der Waals surface area contributed by atoms with Gasteiger partial charge in [-0.2, -0.15) is 0 Å². The molecule has 2 fully saturated rings. The lowest BCUT2D eigenvalue weighted by atomic mass is 10.0. The van der Waals surface area contributed by atoms with Gasteiger partial charge in [0.25, 0.3) is 0 Å². The van der Waals surface area contributed by atoms with Gasteiger partial charge < -0.3 is 14.8 Å². The molecule has 0 aromatic heterocycles. The summed E-state index contributed by atoms with van der Waals surface area (Å²) in [7, 11) is 0. The lowest BCUT2D eigenvalue weighted by Crippen LogP contribution is -2.54. The van der Waals surface area contributed by atoms with Crippen molar-refractivity contribution in [3.8, 4) is 0 Å². The van der Waals surface area contributed by atoms with E-state index in [1.54, 1.807) is 18.2 Å². The van der Waals surface area contributed by atoms with E-state index in [4.69, 9.17) is 9.47 Å². The third-order valence-electron chi connectivity index (χ3n) is 4.51. The maximum atomic E-state index is 13.9. The fourth-order valence-electron chi connectivity index (χ4n) is 3.23. The van der Waals surface area contributed by atoms with Crippen molar-refractivity contribution in [3.05, 3.63) is 35.6 Å². The maximum absolute atomic E-state index is 13.9. The minimum atomic E-state index is -0.403. The molecule has 1 amide bonds. The Kier molecular flexibility index (Phi) is 5.78. The van der Waals surface area contributed by atoms with Crippen LogP contribution < -0.4 is 16.2 Å². The Balaban J connectivity index is 1.57. The summed E-state index contributed by atoms with van der Waals surface area (Å²) in [5.41, 5.74) is 6.55. The van der Waals surface area contributed by atoms with E-state index in [1.165, 1.54) is 6.07 Å². The van der Waals surface area contributed by atoms with Gasteiger partial charge in [0.15, 0.2) is 0 Å². The summed E-state index contributed by atoms with van der Waals surface area (Å²) in [5.74, 6) is -0.364. The molecule has 3 rings (SSSR count). The van der Waals surface area contributed by atoms with E-state index in [9.17, 15) is 9.18 Å². The quantitative estimate of drug-likeness (QED) is 0.749. The first-order chi connectivity index (χ1) is 11.7. The number of carbonyl (C=O) groups is 1. The smallest absolute Gasteiger partial charge is 0.238 e. The van der Waals surface area contributed by atoms with E-state index in [1.807, 2.05) is 6.92 Å². The summed E-state index contributed by atoms with van der Waals surface area (Å²) in [4.78, 5) is 12.5.